The summed E-state index contributed by atoms with van der Waals surface area (Å²) in [6.07, 6.45) is 2.86. The second kappa shape index (κ2) is 6.42. The smallest absolute Gasteiger partial charge is 0.252 e. The summed E-state index contributed by atoms with van der Waals surface area (Å²) < 4.78 is 0. The molecule has 2 amide bonds. The van der Waals surface area contributed by atoms with Gasteiger partial charge in [-0.1, -0.05) is 36.4 Å². The van der Waals surface area contributed by atoms with Gasteiger partial charge in [0.1, 0.15) is 5.54 Å². The number of hydrogen-bond donors (Lipinski definition) is 1. The highest BCUT2D eigenvalue weighted by Gasteiger charge is 2.66. The van der Waals surface area contributed by atoms with E-state index in [-0.39, 0.29) is 17.9 Å². The Labute approximate surface area is 171 Å². The van der Waals surface area contributed by atoms with Gasteiger partial charge in [0.05, 0.1) is 5.92 Å². The van der Waals surface area contributed by atoms with Crippen LogP contribution in [0.4, 0.5) is 11.4 Å². The van der Waals surface area contributed by atoms with Gasteiger partial charge in [-0.25, -0.2) is 0 Å². The molecule has 0 unspecified atom stereocenters. The van der Waals surface area contributed by atoms with Crippen molar-refractivity contribution in [3.63, 3.8) is 0 Å². The van der Waals surface area contributed by atoms with Crippen molar-refractivity contribution in [3.05, 3.63) is 59.2 Å². The highest BCUT2D eigenvalue weighted by Crippen LogP contribution is 2.56. The summed E-state index contributed by atoms with van der Waals surface area (Å²) in [5.74, 6) is -0.412. The van der Waals surface area contributed by atoms with E-state index in [4.69, 9.17) is 0 Å². The lowest BCUT2D eigenvalue weighted by Gasteiger charge is -2.37. The van der Waals surface area contributed by atoms with Crippen LogP contribution in [0.3, 0.4) is 0 Å². The Morgan fingerprint density at radius 2 is 1.83 bits per heavy atom. The Bertz CT molecular complexity index is 997. The molecule has 2 aromatic carbocycles. The summed E-state index contributed by atoms with van der Waals surface area (Å²) in [5.41, 5.74) is 3.98. The fraction of sp³-hybridized carbons (Fsp3) is 0.417. The highest BCUT2D eigenvalue weighted by molar-refractivity contribution is 6.12. The molecule has 0 radical (unpaired) electrons. The van der Waals surface area contributed by atoms with E-state index in [1.54, 1.807) is 4.90 Å². The second-order valence-corrected chi connectivity index (χ2v) is 8.68. The van der Waals surface area contributed by atoms with E-state index >= 15 is 0 Å². The van der Waals surface area contributed by atoms with Crippen LogP contribution in [0.25, 0.3) is 0 Å². The topological polar surface area (TPSA) is 52.7 Å². The Kier molecular flexibility index (Phi) is 4.07. The van der Waals surface area contributed by atoms with E-state index in [9.17, 15) is 9.59 Å². The van der Waals surface area contributed by atoms with Crippen molar-refractivity contribution in [1.29, 1.82) is 0 Å². The molecule has 0 saturated carbocycles. The number of rotatable bonds is 2. The molecule has 0 bridgehead atoms. The number of carbonyl (C=O) groups excluding carboxylic acids is 2. The number of likely N-dealkylation sites (N-methyl/N-ethyl adjacent to an activating group) is 1. The van der Waals surface area contributed by atoms with Gasteiger partial charge in [-0.15, -0.1) is 0 Å². The Hall–Kier alpha value is -2.66. The van der Waals surface area contributed by atoms with Crippen molar-refractivity contribution in [2.24, 2.45) is 5.92 Å². The number of carbonyl (C=O) groups is 2. The minimum Gasteiger partial charge on any atom is -0.325 e. The van der Waals surface area contributed by atoms with Gasteiger partial charge < -0.3 is 10.2 Å². The van der Waals surface area contributed by atoms with Crippen LogP contribution >= 0.6 is 0 Å². The zero-order valence-corrected chi connectivity index (χ0v) is 17.2. The van der Waals surface area contributed by atoms with Crippen LogP contribution in [0.5, 0.6) is 0 Å². The number of fused-ring (bicyclic) bond motifs is 4. The molecule has 2 aromatic rings. The lowest BCUT2D eigenvalue weighted by molar-refractivity contribution is -0.136. The fourth-order valence-electron chi connectivity index (χ4n) is 5.89. The van der Waals surface area contributed by atoms with Gasteiger partial charge in [0.2, 0.25) is 5.91 Å². The van der Waals surface area contributed by atoms with E-state index in [1.807, 2.05) is 63.4 Å². The fourth-order valence-corrected chi connectivity index (χ4v) is 5.89. The van der Waals surface area contributed by atoms with Crippen LogP contribution in [0.15, 0.2) is 42.5 Å². The number of benzene rings is 2. The number of anilines is 2. The molecule has 3 aliphatic heterocycles. The predicted molar refractivity (Wildman–Crippen MR) is 114 cm³/mol. The van der Waals surface area contributed by atoms with Crippen LogP contribution in [-0.2, 0) is 15.1 Å². The molecular formula is C24H27N3O2. The van der Waals surface area contributed by atoms with Gasteiger partial charge in [-0.05, 0) is 56.8 Å². The molecule has 1 N–H and O–H groups in total. The molecule has 5 nitrogen and oxygen atoms in total. The molecule has 5 rings (SSSR count). The molecule has 3 atom stereocenters. The van der Waals surface area contributed by atoms with Crippen molar-refractivity contribution in [2.75, 3.05) is 23.8 Å². The summed E-state index contributed by atoms with van der Waals surface area (Å²) in [7, 11) is 1.83. The van der Waals surface area contributed by atoms with Crippen LogP contribution in [0.2, 0.25) is 0 Å². The zero-order chi connectivity index (χ0) is 20.3. The molecule has 29 heavy (non-hydrogen) atoms. The second-order valence-electron chi connectivity index (χ2n) is 8.68. The first-order valence-electron chi connectivity index (χ1n) is 10.5. The lowest BCUT2D eigenvalue weighted by Crippen LogP contribution is -2.55. The zero-order valence-electron chi connectivity index (χ0n) is 17.2. The lowest BCUT2D eigenvalue weighted by atomic mass is 9.78. The third kappa shape index (κ3) is 2.37. The molecule has 0 aliphatic carbocycles. The SMILES string of the molecule is Cc1cccc(C)c1NC(=O)[C@H]1C[C@H]2CCCN2[C@@]12C(=O)N(C)c1ccccc12. The summed E-state index contributed by atoms with van der Waals surface area (Å²) in [6, 6.07) is 14.3. The molecule has 150 valence electrons. The number of aryl methyl sites for hydroxylation is 2. The van der Waals surface area contributed by atoms with E-state index in [2.05, 4.69) is 10.2 Å². The summed E-state index contributed by atoms with van der Waals surface area (Å²) in [4.78, 5) is 31.5. The first-order valence-corrected chi connectivity index (χ1v) is 10.5. The molecule has 3 heterocycles. The highest BCUT2D eigenvalue weighted by atomic mass is 16.2. The molecule has 2 fully saturated rings. The maximum Gasteiger partial charge on any atom is 0.252 e. The largest absolute Gasteiger partial charge is 0.325 e. The van der Waals surface area contributed by atoms with Gasteiger partial charge in [-0.2, -0.15) is 0 Å². The van der Waals surface area contributed by atoms with E-state index in [0.717, 1.165) is 53.9 Å². The van der Waals surface area contributed by atoms with Crippen LogP contribution in [0.1, 0.15) is 36.0 Å². The van der Waals surface area contributed by atoms with Gasteiger partial charge in [0, 0.05) is 30.0 Å². The minimum absolute atomic E-state index is 0.0322. The Morgan fingerprint density at radius 1 is 1.10 bits per heavy atom. The number of amides is 2. The molecule has 1 spiro atoms. The van der Waals surface area contributed by atoms with Gasteiger partial charge >= 0.3 is 0 Å². The number of hydrogen-bond acceptors (Lipinski definition) is 3. The number of nitrogens with zero attached hydrogens (tertiary/aromatic N) is 2. The van der Waals surface area contributed by atoms with Gasteiger partial charge in [0.25, 0.3) is 5.91 Å². The van der Waals surface area contributed by atoms with Crippen LogP contribution < -0.4 is 10.2 Å². The van der Waals surface area contributed by atoms with Crippen molar-refractivity contribution in [2.45, 2.75) is 44.7 Å². The van der Waals surface area contributed by atoms with Gasteiger partial charge in [-0.3, -0.25) is 14.5 Å². The Morgan fingerprint density at radius 3 is 2.59 bits per heavy atom. The standard InChI is InChI=1S/C24H27N3O2/c1-15-8-6-9-16(2)21(15)25-22(28)19-14-17-10-7-13-27(17)24(19)18-11-4-5-12-20(18)26(3)23(24)29/h4-6,8-9,11-12,17,19H,7,10,13-14H2,1-3H3,(H,25,28)/t17-,19-,24-/m1/s1. The molecule has 0 aromatic heterocycles. The monoisotopic (exact) mass is 389 g/mol. The van der Waals surface area contributed by atoms with Crippen molar-refractivity contribution < 1.29 is 9.59 Å². The third-order valence-electron chi connectivity index (χ3n) is 7.19. The number of nitrogens with one attached hydrogen (secondary N) is 1. The normalized spacial score (nSPS) is 28.1. The Balaban J connectivity index is 1.62. The molecular weight excluding hydrogens is 362 g/mol. The summed E-state index contributed by atoms with van der Waals surface area (Å²) in [5, 5.41) is 3.19. The molecule has 3 aliphatic rings. The van der Waals surface area contributed by atoms with Crippen molar-refractivity contribution in [1.82, 2.24) is 4.90 Å². The first-order chi connectivity index (χ1) is 14.0. The van der Waals surface area contributed by atoms with Crippen LogP contribution in [0, 0.1) is 19.8 Å². The third-order valence-corrected chi connectivity index (χ3v) is 7.19. The van der Waals surface area contributed by atoms with Gasteiger partial charge in [0.15, 0.2) is 0 Å². The minimum atomic E-state index is -0.882. The first kappa shape index (κ1) is 18.4. The van der Waals surface area contributed by atoms with Crippen molar-refractivity contribution >= 4 is 23.2 Å². The molecule has 5 heteroatoms. The average molecular weight is 389 g/mol. The summed E-state index contributed by atoms with van der Waals surface area (Å²) in [6.45, 7) is 4.88. The van der Waals surface area contributed by atoms with Crippen LogP contribution in [-0.4, -0.2) is 36.3 Å². The average Bonchev–Trinajstić information content (AvgIpc) is 3.35. The van der Waals surface area contributed by atoms with E-state index < -0.39 is 11.5 Å². The maximum absolute atomic E-state index is 13.7. The van der Waals surface area contributed by atoms with E-state index in [1.165, 1.54) is 0 Å². The van der Waals surface area contributed by atoms with E-state index in [0.29, 0.717) is 0 Å². The summed E-state index contributed by atoms with van der Waals surface area (Å²) >= 11 is 0. The maximum atomic E-state index is 13.7. The van der Waals surface area contributed by atoms with Crippen molar-refractivity contribution in [3.8, 4) is 0 Å². The number of para-hydroxylation sites is 2. The molecule has 2 saturated heterocycles. The predicted octanol–water partition coefficient (Wildman–Crippen LogP) is 3.60. The quantitative estimate of drug-likeness (QED) is 0.854.